The van der Waals surface area contributed by atoms with E-state index < -0.39 is 0 Å². The van der Waals surface area contributed by atoms with E-state index in [1.807, 2.05) is 12.1 Å². The molecule has 0 saturated carbocycles. The van der Waals surface area contributed by atoms with Crippen LogP contribution in [0.5, 0.6) is 5.75 Å². The van der Waals surface area contributed by atoms with E-state index in [9.17, 15) is 0 Å². The van der Waals surface area contributed by atoms with Crippen molar-refractivity contribution >= 4 is 29.9 Å². The van der Waals surface area contributed by atoms with E-state index in [-0.39, 0.29) is 24.0 Å². The lowest BCUT2D eigenvalue weighted by molar-refractivity contribution is 0.414. The second-order valence-electron chi connectivity index (χ2n) is 4.88. The molecule has 0 amide bonds. The summed E-state index contributed by atoms with van der Waals surface area (Å²) in [5, 5.41) is 6.60. The Morgan fingerprint density at radius 1 is 1.30 bits per heavy atom. The molecule has 0 aliphatic rings. The monoisotopic (exact) mass is 391 g/mol. The van der Waals surface area contributed by atoms with Crippen molar-refractivity contribution in [1.29, 1.82) is 0 Å². The van der Waals surface area contributed by atoms with Crippen molar-refractivity contribution in [3.63, 3.8) is 0 Å². The van der Waals surface area contributed by atoms with Crippen LogP contribution in [0.3, 0.4) is 0 Å². The van der Waals surface area contributed by atoms with E-state index in [0.717, 1.165) is 31.2 Å². The van der Waals surface area contributed by atoms with Crippen LogP contribution in [0.1, 0.15) is 19.4 Å². The van der Waals surface area contributed by atoms with Crippen LogP contribution < -0.4 is 15.4 Å². The van der Waals surface area contributed by atoms with Gasteiger partial charge in [0.25, 0.3) is 0 Å². The largest absolute Gasteiger partial charge is 0.497 e. The lowest BCUT2D eigenvalue weighted by Crippen LogP contribution is -2.39. The predicted molar refractivity (Wildman–Crippen MR) is 96.3 cm³/mol. The average Bonchev–Trinajstić information content (AvgIpc) is 2.42. The van der Waals surface area contributed by atoms with E-state index in [2.05, 4.69) is 41.6 Å². The molecule has 0 aliphatic heterocycles. The Hall–Kier alpha value is -0.980. The van der Waals surface area contributed by atoms with Gasteiger partial charge < -0.3 is 15.4 Å². The van der Waals surface area contributed by atoms with Crippen molar-refractivity contribution in [3.8, 4) is 5.75 Å². The normalized spacial score (nSPS) is 10.9. The third kappa shape index (κ3) is 7.57. The predicted octanol–water partition coefficient (Wildman–Crippen LogP) is 2.68. The lowest BCUT2D eigenvalue weighted by atomic mass is 10.1. The van der Waals surface area contributed by atoms with Crippen LogP contribution >= 0.6 is 24.0 Å². The Kier molecular flexibility index (Phi) is 10.2. The zero-order valence-corrected chi connectivity index (χ0v) is 15.1. The fraction of sp³-hybridized carbons (Fsp3) is 0.533. The van der Waals surface area contributed by atoms with Crippen molar-refractivity contribution in [1.82, 2.24) is 10.6 Å². The van der Waals surface area contributed by atoms with Gasteiger partial charge in [0, 0.05) is 20.1 Å². The van der Waals surface area contributed by atoms with Crippen LogP contribution in [0, 0.1) is 5.92 Å². The average molecular weight is 391 g/mol. The summed E-state index contributed by atoms with van der Waals surface area (Å²) in [7, 11) is 3.48. The smallest absolute Gasteiger partial charge is 0.190 e. The molecule has 0 bridgehead atoms. The van der Waals surface area contributed by atoms with Crippen LogP contribution in [0.25, 0.3) is 0 Å². The number of rotatable bonds is 6. The Labute approximate surface area is 139 Å². The summed E-state index contributed by atoms with van der Waals surface area (Å²) < 4.78 is 5.21. The standard InChI is InChI=1S/C15H25N3O.HI/c1-12(2)11-18-15(16-3)17-9-8-13-6-5-7-14(10-13)19-4;/h5-7,10,12H,8-9,11H2,1-4H3,(H2,16,17,18);1H. The van der Waals surface area contributed by atoms with Crippen LogP contribution in [0.4, 0.5) is 0 Å². The van der Waals surface area contributed by atoms with Gasteiger partial charge in [0.1, 0.15) is 5.75 Å². The van der Waals surface area contributed by atoms with Gasteiger partial charge in [-0.15, -0.1) is 24.0 Å². The summed E-state index contributed by atoms with van der Waals surface area (Å²) in [6.07, 6.45) is 0.944. The number of nitrogens with one attached hydrogen (secondary N) is 2. The molecule has 1 aromatic rings. The summed E-state index contributed by atoms with van der Waals surface area (Å²) in [4.78, 5) is 4.19. The first-order valence-electron chi connectivity index (χ1n) is 6.73. The van der Waals surface area contributed by atoms with Crippen LogP contribution in [0.15, 0.2) is 29.3 Å². The number of methoxy groups -OCH3 is 1. The molecule has 4 nitrogen and oxygen atoms in total. The molecule has 114 valence electrons. The minimum Gasteiger partial charge on any atom is -0.497 e. The van der Waals surface area contributed by atoms with Crippen molar-refractivity contribution in [2.45, 2.75) is 20.3 Å². The summed E-state index contributed by atoms with van der Waals surface area (Å²) in [6.45, 7) is 6.14. The summed E-state index contributed by atoms with van der Waals surface area (Å²) in [5.74, 6) is 2.37. The molecule has 1 aromatic carbocycles. The minimum atomic E-state index is 0. The number of aliphatic imine (C=N–C) groups is 1. The second kappa shape index (κ2) is 10.8. The van der Waals surface area contributed by atoms with Gasteiger partial charge in [-0.3, -0.25) is 4.99 Å². The summed E-state index contributed by atoms with van der Waals surface area (Å²) in [5.41, 5.74) is 1.26. The number of guanidine groups is 1. The molecule has 20 heavy (non-hydrogen) atoms. The molecule has 0 aromatic heterocycles. The van der Waals surface area contributed by atoms with Gasteiger partial charge in [-0.25, -0.2) is 0 Å². The summed E-state index contributed by atoms with van der Waals surface area (Å²) >= 11 is 0. The maximum absolute atomic E-state index is 5.21. The zero-order chi connectivity index (χ0) is 14.1. The molecule has 1 rings (SSSR count). The molecule has 2 N–H and O–H groups in total. The number of halogens is 1. The molecule has 0 radical (unpaired) electrons. The first-order valence-corrected chi connectivity index (χ1v) is 6.73. The molecule has 0 aliphatic carbocycles. The van der Waals surface area contributed by atoms with E-state index in [0.29, 0.717) is 5.92 Å². The fourth-order valence-electron chi connectivity index (χ4n) is 1.67. The maximum Gasteiger partial charge on any atom is 0.190 e. The van der Waals surface area contributed by atoms with Gasteiger partial charge in [-0.05, 0) is 30.0 Å². The highest BCUT2D eigenvalue weighted by Crippen LogP contribution is 2.12. The highest BCUT2D eigenvalue weighted by molar-refractivity contribution is 14.0. The Bertz CT molecular complexity index is 408. The van der Waals surface area contributed by atoms with E-state index in [1.54, 1.807) is 14.2 Å². The first kappa shape index (κ1) is 19.0. The number of hydrogen-bond donors (Lipinski definition) is 2. The minimum absolute atomic E-state index is 0. The molecule has 0 atom stereocenters. The van der Waals surface area contributed by atoms with Crippen LogP contribution in [-0.2, 0) is 6.42 Å². The van der Waals surface area contributed by atoms with Gasteiger partial charge in [0.05, 0.1) is 7.11 Å². The third-order valence-electron chi connectivity index (χ3n) is 2.74. The number of ether oxygens (including phenoxy) is 1. The third-order valence-corrected chi connectivity index (χ3v) is 2.74. The van der Waals surface area contributed by atoms with E-state index >= 15 is 0 Å². The van der Waals surface area contributed by atoms with E-state index in [1.165, 1.54) is 5.56 Å². The Morgan fingerprint density at radius 3 is 2.65 bits per heavy atom. The number of benzene rings is 1. The van der Waals surface area contributed by atoms with Crippen LogP contribution in [0.2, 0.25) is 0 Å². The van der Waals surface area contributed by atoms with Crippen molar-refractivity contribution in [3.05, 3.63) is 29.8 Å². The molecular weight excluding hydrogens is 365 g/mol. The molecule has 0 spiro atoms. The first-order chi connectivity index (χ1) is 9.15. The Balaban J connectivity index is 0.00000361. The number of nitrogens with zero attached hydrogens (tertiary/aromatic N) is 1. The van der Waals surface area contributed by atoms with Crippen molar-refractivity contribution in [2.75, 3.05) is 27.2 Å². The maximum atomic E-state index is 5.21. The molecule has 0 unspecified atom stereocenters. The van der Waals surface area contributed by atoms with Gasteiger partial charge in [0.15, 0.2) is 5.96 Å². The molecule has 0 fully saturated rings. The summed E-state index contributed by atoms with van der Waals surface area (Å²) in [6, 6.07) is 8.14. The topological polar surface area (TPSA) is 45.7 Å². The fourth-order valence-corrected chi connectivity index (χ4v) is 1.67. The second-order valence-corrected chi connectivity index (χ2v) is 4.88. The highest BCUT2D eigenvalue weighted by atomic mass is 127. The molecule has 5 heteroatoms. The van der Waals surface area contributed by atoms with Gasteiger partial charge >= 0.3 is 0 Å². The highest BCUT2D eigenvalue weighted by Gasteiger charge is 2.00. The zero-order valence-electron chi connectivity index (χ0n) is 12.8. The van der Waals surface area contributed by atoms with Gasteiger partial charge in [0.2, 0.25) is 0 Å². The van der Waals surface area contributed by atoms with Crippen molar-refractivity contribution < 1.29 is 4.74 Å². The SMILES string of the molecule is CN=C(NCCc1cccc(OC)c1)NCC(C)C.I. The van der Waals surface area contributed by atoms with Crippen LogP contribution in [-0.4, -0.2) is 33.2 Å². The molecule has 0 heterocycles. The van der Waals surface area contributed by atoms with Gasteiger partial charge in [-0.2, -0.15) is 0 Å². The Morgan fingerprint density at radius 2 is 2.05 bits per heavy atom. The lowest BCUT2D eigenvalue weighted by Gasteiger charge is -2.13. The molecular formula is C15H26IN3O. The number of hydrogen-bond acceptors (Lipinski definition) is 2. The van der Waals surface area contributed by atoms with Crippen molar-refractivity contribution in [2.24, 2.45) is 10.9 Å². The van der Waals surface area contributed by atoms with Gasteiger partial charge in [-0.1, -0.05) is 26.0 Å². The molecule has 0 saturated heterocycles. The quantitative estimate of drug-likeness (QED) is 0.445. The van der Waals surface area contributed by atoms with E-state index in [4.69, 9.17) is 4.74 Å².